The van der Waals surface area contributed by atoms with E-state index < -0.39 is 6.16 Å². The Morgan fingerprint density at radius 2 is 2.28 bits per heavy atom. The second kappa shape index (κ2) is 6.11. The maximum atomic E-state index is 11.5. The normalized spacial score (nSPS) is 35.0. The Kier molecular flexibility index (Phi) is 4.73. The molecule has 0 radical (unpaired) electrons. The van der Waals surface area contributed by atoms with Crippen molar-refractivity contribution in [2.45, 2.75) is 50.5 Å². The second-order valence-corrected chi connectivity index (χ2v) is 5.79. The lowest BCUT2D eigenvalue weighted by Crippen LogP contribution is -2.46. The number of carbonyl (C=O) groups is 1. The lowest BCUT2D eigenvalue weighted by molar-refractivity contribution is -0.0982. The summed E-state index contributed by atoms with van der Waals surface area (Å²) < 4.78 is 10.2. The number of hydrogen-bond acceptors (Lipinski definition) is 4. The van der Waals surface area contributed by atoms with Gasteiger partial charge in [0.2, 0.25) is 0 Å². The molecule has 0 aromatic carbocycles. The summed E-state index contributed by atoms with van der Waals surface area (Å²) in [5.74, 6) is 1.07. The number of alkyl halides is 1. The molecule has 2 saturated carbocycles. The van der Waals surface area contributed by atoms with Gasteiger partial charge >= 0.3 is 6.16 Å². The van der Waals surface area contributed by atoms with Crippen molar-refractivity contribution in [3.05, 3.63) is 0 Å². The van der Waals surface area contributed by atoms with E-state index in [0.29, 0.717) is 11.8 Å². The van der Waals surface area contributed by atoms with Crippen LogP contribution in [-0.4, -0.2) is 29.5 Å². The molecule has 4 nitrogen and oxygen atoms in total. The van der Waals surface area contributed by atoms with Gasteiger partial charge in [0.15, 0.2) is 6.07 Å². The van der Waals surface area contributed by atoms with Gasteiger partial charge in [0.1, 0.15) is 5.60 Å². The zero-order chi connectivity index (χ0) is 13.0. The van der Waals surface area contributed by atoms with E-state index in [-0.39, 0.29) is 18.3 Å². The van der Waals surface area contributed by atoms with Crippen LogP contribution in [0.3, 0.4) is 0 Å². The zero-order valence-electron chi connectivity index (χ0n) is 10.6. The lowest BCUT2D eigenvalue weighted by atomic mass is 9.64. The molecule has 104 valence electrons. The van der Waals surface area contributed by atoms with Crippen molar-refractivity contribution in [2.75, 3.05) is 12.7 Å². The van der Waals surface area contributed by atoms with Crippen molar-refractivity contribution in [1.29, 1.82) is 0 Å². The SMILES string of the molecule is O=C(OCCl)OC12CCCC(CC(CCO)C1)C2. The number of aliphatic hydroxyl groups excluding tert-OH is 1. The van der Waals surface area contributed by atoms with Crippen LogP contribution in [0.1, 0.15) is 44.9 Å². The molecule has 2 fully saturated rings. The second-order valence-electron chi connectivity index (χ2n) is 5.57. The maximum Gasteiger partial charge on any atom is 0.510 e. The highest BCUT2D eigenvalue weighted by Gasteiger charge is 2.46. The molecule has 0 amide bonds. The highest BCUT2D eigenvalue weighted by molar-refractivity contribution is 6.17. The minimum atomic E-state index is -0.657. The topological polar surface area (TPSA) is 55.8 Å². The first kappa shape index (κ1) is 13.9. The quantitative estimate of drug-likeness (QED) is 0.633. The van der Waals surface area contributed by atoms with Gasteiger partial charge < -0.3 is 14.6 Å². The van der Waals surface area contributed by atoms with Gasteiger partial charge in [0.25, 0.3) is 0 Å². The summed E-state index contributed by atoms with van der Waals surface area (Å²) in [4.78, 5) is 11.5. The molecule has 2 aliphatic rings. The molecule has 0 spiro atoms. The first-order valence-corrected chi connectivity index (χ1v) is 7.23. The minimum absolute atomic E-state index is 0.168. The summed E-state index contributed by atoms with van der Waals surface area (Å²) in [7, 11) is 0. The highest BCUT2D eigenvalue weighted by atomic mass is 35.5. The van der Waals surface area contributed by atoms with Crippen LogP contribution >= 0.6 is 11.6 Å². The molecule has 18 heavy (non-hydrogen) atoms. The predicted octanol–water partition coefficient (Wildman–Crippen LogP) is 3.06. The van der Waals surface area contributed by atoms with Crippen LogP contribution < -0.4 is 0 Å². The Morgan fingerprint density at radius 3 is 3.00 bits per heavy atom. The summed E-state index contributed by atoms with van der Waals surface area (Å²) in [5, 5.41) is 9.08. The summed E-state index contributed by atoms with van der Waals surface area (Å²) in [6.07, 6.45) is 6.29. The van der Waals surface area contributed by atoms with Crippen molar-refractivity contribution in [2.24, 2.45) is 11.8 Å². The Hall–Kier alpha value is -0.480. The standard InChI is InChI=1S/C13H21ClO4/c14-9-17-12(16)18-13-4-1-2-10(7-13)6-11(8-13)3-5-15/h10-11,15H,1-9H2. The van der Waals surface area contributed by atoms with Gasteiger partial charge in [0.05, 0.1) is 0 Å². The fraction of sp³-hybridized carbons (Fsp3) is 0.923. The van der Waals surface area contributed by atoms with Gasteiger partial charge in [-0.15, -0.1) is 0 Å². The van der Waals surface area contributed by atoms with Crippen molar-refractivity contribution in [1.82, 2.24) is 0 Å². The third-order valence-electron chi connectivity index (χ3n) is 4.24. The Balaban J connectivity index is 2.00. The van der Waals surface area contributed by atoms with Crippen LogP contribution in [0.15, 0.2) is 0 Å². The lowest BCUT2D eigenvalue weighted by Gasteiger charge is -2.47. The number of rotatable bonds is 4. The first-order chi connectivity index (χ1) is 8.67. The van der Waals surface area contributed by atoms with Gasteiger partial charge in [0, 0.05) is 6.61 Å². The molecule has 3 atom stereocenters. The average Bonchev–Trinajstić information content (AvgIpc) is 2.28. The van der Waals surface area contributed by atoms with E-state index in [1.165, 1.54) is 6.42 Å². The summed E-state index contributed by atoms with van der Waals surface area (Å²) >= 11 is 5.37. The number of halogens is 1. The predicted molar refractivity (Wildman–Crippen MR) is 67.4 cm³/mol. The molecule has 1 N–H and O–H groups in total. The molecular weight excluding hydrogens is 256 g/mol. The van der Waals surface area contributed by atoms with Crippen molar-refractivity contribution >= 4 is 17.8 Å². The molecule has 2 rings (SSSR count). The molecule has 0 aromatic heterocycles. The zero-order valence-corrected chi connectivity index (χ0v) is 11.3. The largest absolute Gasteiger partial charge is 0.510 e. The van der Waals surface area contributed by atoms with Gasteiger partial charge in [-0.25, -0.2) is 4.79 Å². The monoisotopic (exact) mass is 276 g/mol. The molecule has 2 aliphatic carbocycles. The Bertz CT molecular complexity index is 297. The van der Waals surface area contributed by atoms with Crippen LogP contribution in [-0.2, 0) is 9.47 Å². The highest BCUT2D eigenvalue weighted by Crippen LogP contribution is 2.48. The molecular formula is C13H21ClO4. The van der Waals surface area contributed by atoms with E-state index >= 15 is 0 Å². The number of fused-ring (bicyclic) bond motifs is 2. The van der Waals surface area contributed by atoms with E-state index in [9.17, 15) is 4.79 Å². The van der Waals surface area contributed by atoms with Crippen molar-refractivity contribution in [3.63, 3.8) is 0 Å². The van der Waals surface area contributed by atoms with Gasteiger partial charge in [-0.3, -0.25) is 0 Å². The minimum Gasteiger partial charge on any atom is -0.428 e. The van der Waals surface area contributed by atoms with Crippen LogP contribution in [0.2, 0.25) is 0 Å². The number of aliphatic hydroxyl groups is 1. The van der Waals surface area contributed by atoms with Crippen molar-refractivity contribution < 1.29 is 19.4 Å². The van der Waals surface area contributed by atoms with E-state index in [4.69, 9.17) is 21.4 Å². The molecule has 2 bridgehead atoms. The van der Waals surface area contributed by atoms with Crippen LogP contribution in [0.4, 0.5) is 4.79 Å². The summed E-state index contributed by atoms with van der Waals surface area (Å²) in [6.45, 7) is 0.208. The molecule has 0 aliphatic heterocycles. The van der Waals surface area contributed by atoms with Gasteiger partial charge in [-0.2, -0.15) is 0 Å². The fourth-order valence-corrected chi connectivity index (χ4v) is 3.79. The van der Waals surface area contributed by atoms with Crippen LogP contribution in [0.5, 0.6) is 0 Å². The Labute approximate surface area is 113 Å². The molecule has 0 heterocycles. The number of ether oxygens (including phenoxy) is 2. The molecule has 0 saturated heterocycles. The first-order valence-electron chi connectivity index (χ1n) is 6.70. The Morgan fingerprint density at radius 1 is 1.44 bits per heavy atom. The van der Waals surface area contributed by atoms with Crippen molar-refractivity contribution in [3.8, 4) is 0 Å². The van der Waals surface area contributed by atoms with E-state index in [1.54, 1.807) is 0 Å². The van der Waals surface area contributed by atoms with E-state index in [2.05, 4.69) is 4.74 Å². The van der Waals surface area contributed by atoms with Gasteiger partial charge in [-0.1, -0.05) is 18.0 Å². The molecule has 5 heteroatoms. The van der Waals surface area contributed by atoms with Crippen LogP contribution in [0.25, 0.3) is 0 Å². The number of hydrogen-bond donors (Lipinski definition) is 1. The summed E-state index contributed by atoms with van der Waals surface area (Å²) in [5.41, 5.74) is -0.371. The summed E-state index contributed by atoms with van der Waals surface area (Å²) in [6, 6.07) is -0.168. The third-order valence-corrected chi connectivity index (χ3v) is 4.35. The number of carbonyl (C=O) groups excluding carboxylic acids is 1. The average molecular weight is 277 g/mol. The van der Waals surface area contributed by atoms with Gasteiger partial charge in [-0.05, 0) is 50.4 Å². The van der Waals surface area contributed by atoms with Crippen LogP contribution in [0, 0.1) is 11.8 Å². The smallest absolute Gasteiger partial charge is 0.428 e. The van der Waals surface area contributed by atoms with E-state index in [1.807, 2.05) is 0 Å². The fourth-order valence-electron chi connectivity index (χ4n) is 3.70. The molecule has 3 unspecified atom stereocenters. The maximum absolute atomic E-state index is 11.5. The molecule has 0 aromatic rings. The van der Waals surface area contributed by atoms with E-state index in [0.717, 1.165) is 38.5 Å². The third kappa shape index (κ3) is 3.29.